The van der Waals surface area contributed by atoms with Crippen LogP contribution in [0.1, 0.15) is 35.9 Å². The molecule has 1 aromatic heterocycles. The van der Waals surface area contributed by atoms with Crippen LogP contribution < -0.4 is 0 Å². The molecule has 0 saturated carbocycles. The maximum Gasteiger partial charge on any atom is 0.255 e. The predicted octanol–water partition coefficient (Wildman–Crippen LogP) is 2.92. The molecule has 0 radical (unpaired) electrons. The first-order chi connectivity index (χ1) is 11.5. The van der Waals surface area contributed by atoms with Crippen molar-refractivity contribution >= 4 is 17.7 Å². The second-order valence-corrected chi connectivity index (χ2v) is 7.00. The number of benzene rings is 1. The summed E-state index contributed by atoms with van der Waals surface area (Å²) in [5.74, 6) is 1.77. The predicted molar refractivity (Wildman–Crippen MR) is 91.0 cm³/mol. The second-order valence-electron chi connectivity index (χ2n) is 5.99. The summed E-state index contributed by atoms with van der Waals surface area (Å²) in [6, 6.07) is 7.65. The van der Waals surface area contributed by atoms with Gasteiger partial charge in [-0.15, -0.1) is 11.8 Å². The van der Waals surface area contributed by atoms with Gasteiger partial charge >= 0.3 is 0 Å². The molecule has 2 unspecified atom stereocenters. The van der Waals surface area contributed by atoms with E-state index in [0.717, 1.165) is 4.90 Å². The van der Waals surface area contributed by atoms with Crippen molar-refractivity contribution in [2.24, 2.45) is 0 Å². The molecular formula is C17H21N3O3S. The van der Waals surface area contributed by atoms with Crippen molar-refractivity contribution in [3.05, 3.63) is 41.5 Å². The van der Waals surface area contributed by atoms with Crippen molar-refractivity contribution < 1.29 is 14.1 Å². The highest BCUT2D eigenvalue weighted by Crippen LogP contribution is 2.27. The minimum atomic E-state index is 0.0433. The maximum atomic E-state index is 12.9. The summed E-state index contributed by atoms with van der Waals surface area (Å²) in [7, 11) is 0. The first kappa shape index (κ1) is 17.0. The standard InChI is InChI=1S/C17H21N3O3S/c1-11-8-20(9-12(2)22-11)17(21)14-6-4-5-7-15(14)24-10-16-18-13(3)19-23-16/h4-7,11-12H,8-10H2,1-3H3. The Labute approximate surface area is 145 Å². The number of aromatic nitrogens is 2. The minimum Gasteiger partial charge on any atom is -0.372 e. The summed E-state index contributed by atoms with van der Waals surface area (Å²) < 4.78 is 10.9. The Morgan fingerprint density at radius 2 is 2.00 bits per heavy atom. The zero-order chi connectivity index (χ0) is 17.1. The quantitative estimate of drug-likeness (QED) is 0.792. The van der Waals surface area contributed by atoms with Crippen LogP contribution in [0.2, 0.25) is 0 Å². The van der Waals surface area contributed by atoms with Crippen LogP contribution in [0.15, 0.2) is 33.7 Å². The normalized spacial score (nSPS) is 21.0. The Kier molecular flexibility index (Phi) is 5.20. The van der Waals surface area contributed by atoms with Crippen LogP contribution in [-0.2, 0) is 10.5 Å². The third-order valence-corrected chi connectivity index (χ3v) is 4.80. The van der Waals surface area contributed by atoms with Gasteiger partial charge in [-0.1, -0.05) is 17.3 Å². The minimum absolute atomic E-state index is 0.0433. The molecule has 1 aromatic carbocycles. The third kappa shape index (κ3) is 3.96. The van der Waals surface area contributed by atoms with E-state index in [2.05, 4.69) is 10.1 Å². The lowest BCUT2D eigenvalue weighted by molar-refractivity contribution is -0.0586. The van der Waals surface area contributed by atoms with Crippen LogP contribution in [-0.4, -0.2) is 46.2 Å². The van der Waals surface area contributed by atoms with Gasteiger partial charge in [-0.25, -0.2) is 0 Å². The molecule has 0 bridgehead atoms. The van der Waals surface area contributed by atoms with Gasteiger partial charge in [0.25, 0.3) is 5.91 Å². The summed E-state index contributed by atoms with van der Waals surface area (Å²) in [6.45, 7) is 7.01. The van der Waals surface area contributed by atoms with E-state index in [1.807, 2.05) is 43.0 Å². The van der Waals surface area contributed by atoms with Gasteiger partial charge in [-0.2, -0.15) is 4.98 Å². The molecule has 3 rings (SSSR count). The molecule has 2 heterocycles. The molecule has 7 heteroatoms. The Morgan fingerprint density at radius 1 is 1.29 bits per heavy atom. The van der Waals surface area contributed by atoms with Crippen LogP contribution >= 0.6 is 11.8 Å². The molecule has 24 heavy (non-hydrogen) atoms. The molecular weight excluding hydrogens is 326 g/mol. The number of ether oxygens (including phenoxy) is 1. The SMILES string of the molecule is Cc1noc(CSc2ccccc2C(=O)N2CC(C)OC(C)C2)n1. The van der Waals surface area contributed by atoms with E-state index in [1.54, 1.807) is 6.92 Å². The molecule has 1 amide bonds. The van der Waals surface area contributed by atoms with E-state index < -0.39 is 0 Å². The molecule has 2 aromatic rings. The van der Waals surface area contributed by atoms with Gasteiger partial charge in [-0.05, 0) is 32.9 Å². The Balaban J connectivity index is 1.74. The number of nitrogens with zero attached hydrogens (tertiary/aromatic N) is 3. The van der Waals surface area contributed by atoms with Crippen LogP contribution in [0.5, 0.6) is 0 Å². The average molecular weight is 347 g/mol. The van der Waals surface area contributed by atoms with Crippen molar-refractivity contribution in [1.82, 2.24) is 15.0 Å². The lowest BCUT2D eigenvalue weighted by Crippen LogP contribution is -2.48. The number of aryl methyl sites for hydroxylation is 1. The highest BCUT2D eigenvalue weighted by Gasteiger charge is 2.27. The van der Waals surface area contributed by atoms with Gasteiger partial charge in [0.2, 0.25) is 5.89 Å². The van der Waals surface area contributed by atoms with Crippen molar-refractivity contribution in [1.29, 1.82) is 0 Å². The fraction of sp³-hybridized carbons (Fsp3) is 0.471. The molecule has 1 fully saturated rings. The number of morpholine rings is 1. The summed E-state index contributed by atoms with van der Waals surface area (Å²) in [6.07, 6.45) is 0.109. The maximum absolute atomic E-state index is 12.9. The molecule has 0 N–H and O–H groups in total. The van der Waals surface area contributed by atoms with Crippen LogP contribution in [0, 0.1) is 6.92 Å². The van der Waals surface area contributed by atoms with Crippen LogP contribution in [0.3, 0.4) is 0 Å². The fourth-order valence-electron chi connectivity index (χ4n) is 2.82. The Morgan fingerprint density at radius 3 is 2.67 bits per heavy atom. The highest BCUT2D eigenvalue weighted by molar-refractivity contribution is 7.98. The Hall–Kier alpha value is -1.86. The molecule has 0 aliphatic carbocycles. The molecule has 128 valence electrons. The van der Waals surface area contributed by atoms with Gasteiger partial charge in [0.15, 0.2) is 5.82 Å². The van der Waals surface area contributed by atoms with Crippen molar-refractivity contribution in [3.8, 4) is 0 Å². The molecule has 6 nitrogen and oxygen atoms in total. The zero-order valence-corrected chi connectivity index (χ0v) is 14.9. The number of thioether (sulfide) groups is 1. The van der Waals surface area contributed by atoms with Gasteiger partial charge in [0.1, 0.15) is 0 Å². The smallest absolute Gasteiger partial charge is 0.255 e. The van der Waals surface area contributed by atoms with E-state index in [9.17, 15) is 4.79 Å². The summed E-state index contributed by atoms with van der Waals surface area (Å²) in [5, 5.41) is 3.79. The van der Waals surface area contributed by atoms with E-state index in [1.165, 1.54) is 11.8 Å². The fourth-order valence-corrected chi connectivity index (χ4v) is 3.70. The van der Waals surface area contributed by atoms with E-state index in [4.69, 9.17) is 9.26 Å². The van der Waals surface area contributed by atoms with Crippen LogP contribution in [0.4, 0.5) is 0 Å². The number of carbonyl (C=O) groups is 1. The van der Waals surface area contributed by atoms with Gasteiger partial charge in [-0.3, -0.25) is 4.79 Å². The number of carbonyl (C=O) groups excluding carboxylic acids is 1. The molecule has 1 aliphatic rings. The first-order valence-corrected chi connectivity index (χ1v) is 8.97. The van der Waals surface area contributed by atoms with E-state index >= 15 is 0 Å². The molecule has 1 aliphatic heterocycles. The number of rotatable bonds is 4. The third-order valence-electron chi connectivity index (χ3n) is 3.75. The largest absolute Gasteiger partial charge is 0.372 e. The lowest BCUT2D eigenvalue weighted by atomic mass is 10.1. The lowest BCUT2D eigenvalue weighted by Gasteiger charge is -2.35. The number of hydrogen-bond acceptors (Lipinski definition) is 6. The molecule has 0 spiro atoms. The second kappa shape index (κ2) is 7.36. The highest BCUT2D eigenvalue weighted by atomic mass is 32.2. The number of hydrogen-bond donors (Lipinski definition) is 0. The van der Waals surface area contributed by atoms with Gasteiger partial charge in [0.05, 0.1) is 23.5 Å². The number of amides is 1. The summed E-state index contributed by atoms with van der Waals surface area (Å²) >= 11 is 1.53. The van der Waals surface area contributed by atoms with Crippen molar-refractivity contribution in [2.45, 2.75) is 43.6 Å². The van der Waals surface area contributed by atoms with Crippen molar-refractivity contribution in [2.75, 3.05) is 13.1 Å². The first-order valence-electron chi connectivity index (χ1n) is 7.98. The van der Waals surface area contributed by atoms with E-state index in [-0.39, 0.29) is 18.1 Å². The van der Waals surface area contributed by atoms with Gasteiger partial charge in [0, 0.05) is 18.0 Å². The topological polar surface area (TPSA) is 68.5 Å². The van der Waals surface area contributed by atoms with Crippen LogP contribution in [0.25, 0.3) is 0 Å². The summed E-state index contributed by atoms with van der Waals surface area (Å²) in [4.78, 5) is 19.9. The monoisotopic (exact) mass is 347 g/mol. The Bertz CT molecular complexity index is 709. The average Bonchev–Trinajstić information content (AvgIpc) is 2.97. The molecule has 2 atom stereocenters. The van der Waals surface area contributed by atoms with E-state index in [0.29, 0.717) is 36.1 Å². The molecule has 1 saturated heterocycles. The van der Waals surface area contributed by atoms with Gasteiger partial charge < -0.3 is 14.2 Å². The van der Waals surface area contributed by atoms with Crippen molar-refractivity contribution in [3.63, 3.8) is 0 Å². The zero-order valence-electron chi connectivity index (χ0n) is 14.1. The summed E-state index contributed by atoms with van der Waals surface area (Å²) in [5.41, 5.74) is 0.708.